The number of anilines is 2. The van der Waals surface area contributed by atoms with E-state index in [1.54, 1.807) is 23.0 Å². The van der Waals surface area contributed by atoms with Gasteiger partial charge in [-0.15, -0.1) is 11.3 Å². The summed E-state index contributed by atoms with van der Waals surface area (Å²) in [5.41, 5.74) is 2.96. The van der Waals surface area contributed by atoms with E-state index in [1.807, 2.05) is 43.3 Å². The number of rotatable bonds is 8. The number of methoxy groups -OCH3 is 1. The molecule has 1 amide bonds. The fraction of sp³-hybridized carbons (Fsp3) is 0.435. The number of nitrogens with zero attached hydrogens (tertiary/aromatic N) is 3. The number of amides is 1. The Hall–Kier alpha value is -2.36. The van der Waals surface area contributed by atoms with Gasteiger partial charge in [0.1, 0.15) is 4.83 Å². The van der Waals surface area contributed by atoms with E-state index in [9.17, 15) is 9.59 Å². The molecule has 0 fully saturated rings. The molecule has 1 aromatic carbocycles. The lowest BCUT2D eigenvalue weighted by molar-refractivity contribution is -0.113. The predicted molar refractivity (Wildman–Crippen MR) is 133 cm³/mol. The molecule has 1 N–H and O–H groups in total. The lowest BCUT2D eigenvalue weighted by Gasteiger charge is -2.14. The highest BCUT2D eigenvalue weighted by molar-refractivity contribution is 7.99. The van der Waals surface area contributed by atoms with Crippen LogP contribution >= 0.6 is 23.1 Å². The number of hydrogen-bond donors (Lipinski definition) is 1. The molecule has 4 rings (SSSR count). The smallest absolute Gasteiger partial charge is 0.263 e. The molecule has 0 saturated heterocycles. The van der Waals surface area contributed by atoms with Crippen LogP contribution in [-0.4, -0.2) is 49.0 Å². The number of nitrogens with one attached hydrogen (secondary N) is 1. The zero-order valence-electron chi connectivity index (χ0n) is 18.6. The molecular formula is C23H28N4O3S2. The van der Waals surface area contributed by atoms with Crippen LogP contribution < -0.4 is 15.8 Å². The van der Waals surface area contributed by atoms with Gasteiger partial charge in [0.15, 0.2) is 5.16 Å². The van der Waals surface area contributed by atoms with Gasteiger partial charge in [-0.25, -0.2) is 4.98 Å². The van der Waals surface area contributed by atoms with Crippen LogP contribution in [0.25, 0.3) is 10.2 Å². The van der Waals surface area contributed by atoms with Gasteiger partial charge in [0.2, 0.25) is 5.91 Å². The van der Waals surface area contributed by atoms with Crippen molar-refractivity contribution in [3.63, 3.8) is 0 Å². The molecule has 2 heterocycles. The first-order valence-corrected chi connectivity index (χ1v) is 12.5. The number of benzene rings is 1. The second-order valence-electron chi connectivity index (χ2n) is 8.01. The second kappa shape index (κ2) is 10.1. The van der Waals surface area contributed by atoms with Gasteiger partial charge in [-0.1, -0.05) is 11.8 Å². The predicted octanol–water partition coefficient (Wildman–Crippen LogP) is 3.78. The van der Waals surface area contributed by atoms with Crippen molar-refractivity contribution in [3.05, 3.63) is 45.1 Å². The van der Waals surface area contributed by atoms with Crippen LogP contribution in [0.2, 0.25) is 0 Å². The van der Waals surface area contributed by atoms with Gasteiger partial charge >= 0.3 is 0 Å². The maximum absolute atomic E-state index is 13.4. The molecule has 0 radical (unpaired) electrons. The molecule has 0 spiro atoms. The van der Waals surface area contributed by atoms with E-state index in [0.29, 0.717) is 18.3 Å². The van der Waals surface area contributed by atoms with Gasteiger partial charge in [0.25, 0.3) is 5.56 Å². The number of carbonyl (C=O) groups is 1. The van der Waals surface area contributed by atoms with Crippen LogP contribution in [0.5, 0.6) is 0 Å². The van der Waals surface area contributed by atoms with Gasteiger partial charge < -0.3 is 15.0 Å². The molecule has 1 aliphatic rings. The first kappa shape index (κ1) is 22.8. The summed E-state index contributed by atoms with van der Waals surface area (Å²) in [5, 5.41) is 4.24. The molecule has 1 aliphatic carbocycles. The Morgan fingerprint density at radius 2 is 2.00 bits per heavy atom. The lowest BCUT2D eigenvalue weighted by atomic mass is 9.97. The molecule has 32 heavy (non-hydrogen) atoms. The zero-order chi connectivity index (χ0) is 22.7. The highest BCUT2D eigenvalue weighted by Gasteiger charge is 2.22. The quantitative estimate of drug-likeness (QED) is 0.397. The topological polar surface area (TPSA) is 76.5 Å². The maximum Gasteiger partial charge on any atom is 0.263 e. The van der Waals surface area contributed by atoms with Crippen molar-refractivity contribution in [2.24, 2.45) is 0 Å². The van der Waals surface area contributed by atoms with E-state index in [1.165, 1.54) is 22.2 Å². The zero-order valence-corrected chi connectivity index (χ0v) is 20.3. The van der Waals surface area contributed by atoms with Crippen molar-refractivity contribution < 1.29 is 9.53 Å². The Morgan fingerprint density at radius 3 is 2.72 bits per heavy atom. The molecule has 170 valence electrons. The van der Waals surface area contributed by atoms with E-state index >= 15 is 0 Å². The number of ether oxygens (including phenoxy) is 1. The van der Waals surface area contributed by atoms with E-state index in [-0.39, 0.29) is 17.2 Å². The van der Waals surface area contributed by atoms with Crippen LogP contribution in [0.3, 0.4) is 0 Å². The van der Waals surface area contributed by atoms with Crippen molar-refractivity contribution in [2.45, 2.75) is 37.4 Å². The molecule has 2 aromatic heterocycles. The highest BCUT2D eigenvalue weighted by Crippen LogP contribution is 2.34. The number of aryl methyl sites for hydroxylation is 2. The molecular weight excluding hydrogens is 444 g/mol. The maximum atomic E-state index is 13.4. The third-order valence-electron chi connectivity index (χ3n) is 5.56. The summed E-state index contributed by atoms with van der Waals surface area (Å²) in [6.07, 6.45) is 4.24. The Labute approximate surface area is 195 Å². The first-order chi connectivity index (χ1) is 15.5. The van der Waals surface area contributed by atoms with Crippen molar-refractivity contribution in [2.75, 3.05) is 43.8 Å². The summed E-state index contributed by atoms with van der Waals surface area (Å²) in [7, 11) is 5.56. The van der Waals surface area contributed by atoms with Crippen molar-refractivity contribution in [1.29, 1.82) is 0 Å². The summed E-state index contributed by atoms with van der Waals surface area (Å²) in [5.74, 6) is 0.0385. The summed E-state index contributed by atoms with van der Waals surface area (Å²) < 4.78 is 6.88. The standard InChI is InChI=1S/C23H28N4O3S2/c1-26(2)16-10-8-15(9-11-16)24-19(28)14-31-23-25-21-20(22(29)27(23)12-13-30-3)17-6-4-5-7-18(17)32-21/h8-11H,4-7,12-14H2,1-3H3,(H,24,28). The van der Waals surface area contributed by atoms with E-state index in [4.69, 9.17) is 9.72 Å². The van der Waals surface area contributed by atoms with Crippen molar-refractivity contribution in [1.82, 2.24) is 9.55 Å². The van der Waals surface area contributed by atoms with Gasteiger partial charge in [-0.3, -0.25) is 14.2 Å². The normalized spacial score (nSPS) is 13.2. The fourth-order valence-corrected chi connectivity index (χ4v) is 6.01. The number of thiophene rings is 1. The second-order valence-corrected chi connectivity index (χ2v) is 10.0. The Morgan fingerprint density at radius 1 is 1.25 bits per heavy atom. The molecule has 0 unspecified atom stereocenters. The average Bonchev–Trinajstić information content (AvgIpc) is 3.16. The van der Waals surface area contributed by atoms with Crippen LogP contribution in [0.4, 0.5) is 11.4 Å². The summed E-state index contributed by atoms with van der Waals surface area (Å²) in [6.45, 7) is 0.830. The number of hydrogen-bond acceptors (Lipinski definition) is 7. The monoisotopic (exact) mass is 472 g/mol. The number of fused-ring (bicyclic) bond motifs is 3. The van der Waals surface area contributed by atoms with Gasteiger partial charge in [0.05, 0.1) is 24.3 Å². The SMILES string of the molecule is COCCn1c(SCC(=O)Nc2ccc(N(C)C)cc2)nc2sc3c(c2c1=O)CCCC3. The molecule has 7 nitrogen and oxygen atoms in total. The largest absolute Gasteiger partial charge is 0.383 e. The summed E-state index contributed by atoms with van der Waals surface area (Å²) in [4.78, 5) is 34.8. The molecule has 0 bridgehead atoms. The average molecular weight is 473 g/mol. The summed E-state index contributed by atoms with van der Waals surface area (Å²) in [6, 6.07) is 7.68. The minimum absolute atomic E-state index is 0.0198. The van der Waals surface area contributed by atoms with Crippen LogP contribution in [0.1, 0.15) is 23.3 Å². The summed E-state index contributed by atoms with van der Waals surface area (Å²) >= 11 is 2.92. The molecule has 3 aromatic rings. The molecule has 9 heteroatoms. The number of carbonyl (C=O) groups excluding carboxylic acids is 1. The molecule has 0 saturated carbocycles. The molecule has 0 atom stereocenters. The Bertz CT molecular complexity index is 1170. The lowest BCUT2D eigenvalue weighted by Crippen LogP contribution is -2.26. The Kier molecular flexibility index (Phi) is 7.17. The van der Waals surface area contributed by atoms with Gasteiger partial charge in [0, 0.05) is 37.5 Å². The first-order valence-electron chi connectivity index (χ1n) is 10.7. The van der Waals surface area contributed by atoms with Crippen molar-refractivity contribution >= 4 is 50.6 Å². The highest BCUT2D eigenvalue weighted by atomic mass is 32.2. The Balaban J connectivity index is 1.54. The van der Waals surface area contributed by atoms with Gasteiger partial charge in [-0.2, -0.15) is 0 Å². The third kappa shape index (κ3) is 4.84. The number of aromatic nitrogens is 2. The van der Waals surface area contributed by atoms with E-state index in [2.05, 4.69) is 5.32 Å². The molecule has 0 aliphatic heterocycles. The number of thioether (sulfide) groups is 1. The van der Waals surface area contributed by atoms with Crippen LogP contribution in [0, 0.1) is 0 Å². The van der Waals surface area contributed by atoms with E-state index < -0.39 is 0 Å². The third-order valence-corrected chi connectivity index (χ3v) is 7.72. The minimum Gasteiger partial charge on any atom is -0.383 e. The minimum atomic E-state index is -0.134. The van der Waals surface area contributed by atoms with Gasteiger partial charge in [-0.05, 0) is 55.5 Å². The fourth-order valence-electron chi connectivity index (χ4n) is 3.88. The van der Waals surface area contributed by atoms with Crippen LogP contribution in [-0.2, 0) is 28.9 Å². The van der Waals surface area contributed by atoms with Crippen LogP contribution in [0.15, 0.2) is 34.2 Å². The van der Waals surface area contributed by atoms with E-state index in [0.717, 1.165) is 47.3 Å². The van der Waals surface area contributed by atoms with Crippen molar-refractivity contribution in [3.8, 4) is 0 Å².